The van der Waals surface area contributed by atoms with Crippen molar-refractivity contribution in [1.29, 1.82) is 0 Å². The Hall–Kier alpha value is -2.26. The standard InChI is InChI=1S/C16H20N4O4S/c1-23-14-5-4-11(15(19-14)24-2)9-20-7-6-13-12(10-20)8-17-16(18-13)25(3,21)22/h4-5,8H,6-7,9-10H2,1-3H3. The van der Waals surface area contributed by atoms with Crippen molar-refractivity contribution in [3.63, 3.8) is 0 Å². The van der Waals surface area contributed by atoms with Crippen LogP contribution in [0.4, 0.5) is 0 Å². The second kappa shape index (κ2) is 6.93. The zero-order valence-electron chi connectivity index (χ0n) is 14.4. The summed E-state index contributed by atoms with van der Waals surface area (Å²) in [6.07, 6.45) is 3.40. The number of fused-ring (bicyclic) bond motifs is 1. The molecule has 0 bridgehead atoms. The Balaban J connectivity index is 1.78. The third-order valence-corrected chi connectivity index (χ3v) is 4.89. The summed E-state index contributed by atoms with van der Waals surface area (Å²) in [5, 5.41) is -0.110. The molecule has 8 nitrogen and oxygen atoms in total. The molecular weight excluding hydrogens is 344 g/mol. The second-order valence-corrected chi connectivity index (χ2v) is 7.79. The van der Waals surface area contributed by atoms with Gasteiger partial charge < -0.3 is 9.47 Å². The van der Waals surface area contributed by atoms with Crippen LogP contribution in [0.5, 0.6) is 11.8 Å². The van der Waals surface area contributed by atoms with Gasteiger partial charge in [0, 0.05) is 55.7 Å². The van der Waals surface area contributed by atoms with Gasteiger partial charge in [0.2, 0.25) is 26.8 Å². The Morgan fingerprint density at radius 3 is 2.68 bits per heavy atom. The fourth-order valence-electron chi connectivity index (χ4n) is 2.77. The van der Waals surface area contributed by atoms with Crippen LogP contribution in [-0.2, 0) is 29.3 Å². The lowest BCUT2D eigenvalue weighted by Gasteiger charge is -2.28. The van der Waals surface area contributed by atoms with Crippen molar-refractivity contribution in [3.05, 3.63) is 35.2 Å². The molecule has 3 heterocycles. The fourth-order valence-corrected chi connectivity index (χ4v) is 3.29. The Bertz CT molecular complexity index is 886. The minimum Gasteiger partial charge on any atom is -0.481 e. The molecule has 134 valence electrons. The first-order chi connectivity index (χ1) is 11.9. The van der Waals surface area contributed by atoms with E-state index in [-0.39, 0.29) is 5.16 Å². The van der Waals surface area contributed by atoms with Crippen molar-refractivity contribution in [2.75, 3.05) is 27.0 Å². The highest BCUT2D eigenvalue weighted by Crippen LogP contribution is 2.24. The largest absolute Gasteiger partial charge is 0.481 e. The zero-order valence-corrected chi connectivity index (χ0v) is 15.2. The van der Waals surface area contributed by atoms with Gasteiger partial charge in [-0.05, 0) is 6.07 Å². The summed E-state index contributed by atoms with van der Waals surface area (Å²) < 4.78 is 33.6. The molecule has 0 spiro atoms. The molecule has 0 saturated carbocycles. The molecule has 0 atom stereocenters. The molecule has 1 aliphatic heterocycles. The van der Waals surface area contributed by atoms with E-state index >= 15 is 0 Å². The van der Waals surface area contributed by atoms with Crippen LogP contribution in [0.25, 0.3) is 0 Å². The maximum absolute atomic E-state index is 11.6. The number of methoxy groups -OCH3 is 2. The molecule has 25 heavy (non-hydrogen) atoms. The lowest BCUT2D eigenvalue weighted by Crippen LogP contribution is -2.31. The minimum absolute atomic E-state index is 0.110. The van der Waals surface area contributed by atoms with E-state index in [0.29, 0.717) is 31.3 Å². The van der Waals surface area contributed by atoms with E-state index in [2.05, 4.69) is 19.9 Å². The Labute approximate surface area is 146 Å². The van der Waals surface area contributed by atoms with Crippen LogP contribution < -0.4 is 9.47 Å². The van der Waals surface area contributed by atoms with Gasteiger partial charge in [-0.15, -0.1) is 0 Å². The van der Waals surface area contributed by atoms with Crippen LogP contribution in [-0.4, -0.2) is 55.3 Å². The third kappa shape index (κ3) is 3.88. The van der Waals surface area contributed by atoms with Gasteiger partial charge in [0.25, 0.3) is 0 Å². The molecule has 0 N–H and O–H groups in total. The average Bonchev–Trinajstić information content (AvgIpc) is 2.60. The van der Waals surface area contributed by atoms with E-state index < -0.39 is 9.84 Å². The van der Waals surface area contributed by atoms with E-state index in [1.54, 1.807) is 26.5 Å². The van der Waals surface area contributed by atoms with Crippen molar-refractivity contribution in [2.24, 2.45) is 0 Å². The maximum atomic E-state index is 11.6. The van der Waals surface area contributed by atoms with E-state index in [1.165, 1.54) is 0 Å². The van der Waals surface area contributed by atoms with Gasteiger partial charge in [0.15, 0.2) is 0 Å². The van der Waals surface area contributed by atoms with Gasteiger partial charge in [0.05, 0.1) is 19.9 Å². The second-order valence-electron chi connectivity index (χ2n) is 5.88. The summed E-state index contributed by atoms with van der Waals surface area (Å²) in [5.41, 5.74) is 2.70. The summed E-state index contributed by atoms with van der Waals surface area (Å²) >= 11 is 0. The minimum atomic E-state index is -3.39. The summed E-state index contributed by atoms with van der Waals surface area (Å²) in [5.74, 6) is 1.04. The van der Waals surface area contributed by atoms with Crippen LogP contribution in [0.2, 0.25) is 0 Å². The molecule has 0 radical (unpaired) electrons. The first-order valence-electron chi connectivity index (χ1n) is 7.76. The number of nitrogens with zero attached hydrogens (tertiary/aromatic N) is 4. The van der Waals surface area contributed by atoms with Crippen molar-refractivity contribution < 1.29 is 17.9 Å². The smallest absolute Gasteiger partial charge is 0.246 e. The maximum Gasteiger partial charge on any atom is 0.246 e. The van der Waals surface area contributed by atoms with Crippen molar-refractivity contribution in [1.82, 2.24) is 19.9 Å². The van der Waals surface area contributed by atoms with E-state index in [1.807, 2.05) is 6.07 Å². The van der Waals surface area contributed by atoms with Crippen molar-refractivity contribution in [3.8, 4) is 11.8 Å². The van der Waals surface area contributed by atoms with Crippen LogP contribution in [0.15, 0.2) is 23.5 Å². The molecule has 0 fully saturated rings. The lowest BCUT2D eigenvalue weighted by molar-refractivity contribution is 0.237. The Morgan fingerprint density at radius 2 is 2.00 bits per heavy atom. The first-order valence-corrected chi connectivity index (χ1v) is 9.65. The third-order valence-electron chi connectivity index (χ3n) is 4.03. The van der Waals surface area contributed by atoms with Gasteiger partial charge in [-0.25, -0.2) is 18.4 Å². The predicted molar refractivity (Wildman–Crippen MR) is 90.3 cm³/mol. The predicted octanol–water partition coefficient (Wildman–Crippen LogP) is 0.851. The van der Waals surface area contributed by atoms with E-state index in [0.717, 1.165) is 29.6 Å². The summed E-state index contributed by atoms with van der Waals surface area (Å²) in [7, 11) is -0.243. The molecule has 2 aromatic rings. The van der Waals surface area contributed by atoms with E-state index in [9.17, 15) is 8.42 Å². The van der Waals surface area contributed by atoms with Crippen molar-refractivity contribution >= 4 is 9.84 Å². The molecule has 0 aromatic carbocycles. The molecule has 9 heteroatoms. The summed E-state index contributed by atoms with van der Waals surface area (Å²) in [6, 6.07) is 3.74. The fraction of sp³-hybridized carbons (Fsp3) is 0.438. The van der Waals surface area contributed by atoms with Crippen LogP contribution in [0.1, 0.15) is 16.8 Å². The van der Waals surface area contributed by atoms with Crippen LogP contribution in [0, 0.1) is 0 Å². The number of hydrogen-bond acceptors (Lipinski definition) is 8. The SMILES string of the molecule is COc1ccc(CN2CCc3nc(S(C)(=O)=O)ncc3C2)c(OC)n1. The molecule has 2 aromatic heterocycles. The quantitative estimate of drug-likeness (QED) is 0.721. The van der Waals surface area contributed by atoms with Gasteiger partial charge >= 0.3 is 0 Å². The van der Waals surface area contributed by atoms with E-state index in [4.69, 9.17) is 9.47 Å². The van der Waals surface area contributed by atoms with Gasteiger partial charge in [-0.1, -0.05) is 0 Å². The normalized spacial score (nSPS) is 14.8. The lowest BCUT2D eigenvalue weighted by atomic mass is 10.1. The molecule has 3 rings (SSSR count). The number of hydrogen-bond donors (Lipinski definition) is 0. The monoisotopic (exact) mass is 364 g/mol. The number of rotatable bonds is 5. The number of aromatic nitrogens is 3. The number of pyridine rings is 1. The first kappa shape index (κ1) is 17.6. The molecule has 1 aliphatic rings. The zero-order chi connectivity index (χ0) is 18.0. The molecule has 0 aliphatic carbocycles. The highest BCUT2D eigenvalue weighted by molar-refractivity contribution is 7.90. The van der Waals surface area contributed by atoms with Gasteiger partial charge in [-0.3, -0.25) is 4.90 Å². The molecule has 0 amide bonds. The van der Waals surface area contributed by atoms with Crippen LogP contribution >= 0.6 is 0 Å². The summed E-state index contributed by atoms with van der Waals surface area (Å²) in [6.45, 7) is 2.07. The van der Waals surface area contributed by atoms with Gasteiger partial charge in [-0.2, -0.15) is 4.98 Å². The van der Waals surface area contributed by atoms with Crippen molar-refractivity contribution in [2.45, 2.75) is 24.7 Å². The van der Waals surface area contributed by atoms with Gasteiger partial charge in [0.1, 0.15) is 0 Å². The highest BCUT2D eigenvalue weighted by atomic mass is 32.2. The molecular formula is C16H20N4O4S. The number of sulfone groups is 1. The Morgan fingerprint density at radius 1 is 1.20 bits per heavy atom. The van der Waals surface area contributed by atoms with Crippen LogP contribution in [0.3, 0.4) is 0 Å². The summed E-state index contributed by atoms with van der Waals surface area (Å²) in [4.78, 5) is 14.7. The highest BCUT2D eigenvalue weighted by Gasteiger charge is 2.22. The molecule has 0 unspecified atom stereocenters. The molecule has 0 saturated heterocycles. The topological polar surface area (TPSA) is 94.5 Å². The average molecular weight is 364 g/mol. The Kier molecular flexibility index (Phi) is 4.87. The number of ether oxygens (including phenoxy) is 2.